The molecule has 0 aromatic rings. The summed E-state index contributed by atoms with van der Waals surface area (Å²) in [7, 11) is 2.23. The molecule has 2 rings (SSSR count). The van der Waals surface area contributed by atoms with Gasteiger partial charge in [-0.05, 0) is 51.5 Å². The zero-order valence-electron chi connectivity index (χ0n) is 13.4. The Bertz CT molecular complexity index is 282. The minimum absolute atomic E-state index is 0.298. The highest BCUT2D eigenvalue weighted by molar-refractivity contribution is 4.99. The van der Waals surface area contributed by atoms with Gasteiger partial charge < -0.3 is 10.6 Å². The highest BCUT2D eigenvalue weighted by Crippen LogP contribution is 2.40. The number of piperazine rings is 1. The lowest BCUT2D eigenvalue weighted by molar-refractivity contribution is -0.0283. The first kappa shape index (κ1) is 15.3. The van der Waals surface area contributed by atoms with E-state index in [9.17, 15) is 0 Å². The summed E-state index contributed by atoms with van der Waals surface area (Å²) in [6.07, 6.45) is 5.35. The van der Waals surface area contributed by atoms with Crippen LogP contribution in [-0.4, -0.2) is 54.6 Å². The molecule has 0 aromatic heterocycles. The first-order valence-corrected chi connectivity index (χ1v) is 8.14. The lowest BCUT2D eigenvalue weighted by Gasteiger charge is -2.53. The maximum Gasteiger partial charge on any atom is 0.0335 e. The van der Waals surface area contributed by atoms with E-state index in [4.69, 9.17) is 5.73 Å². The normalized spacial score (nSPS) is 38.8. The third-order valence-corrected chi connectivity index (χ3v) is 5.72. The predicted molar refractivity (Wildman–Crippen MR) is 82.2 cm³/mol. The zero-order chi connectivity index (χ0) is 14.0. The van der Waals surface area contributed by atoms with Crippen LogP contribution in [0.1, 0.15) is 46.5 Å². The number of likely N-dealkylation sites (N-methyl/N-ethyl adjacent to an activating group) is 1. The van der Waals surface area contributed by atoms with E-state index < -0.39 is 0 Å². The summed E-state index contributed by atoms with van der Waals surface area (Å²) in [4.78, 5) is 5.19. The molecule has 0 spiro atoms. The molecule has 0 aromatic carbocycles. The topological polar surface area (TPSA) is 32.5 Å². The van der Waals surface area contributed by atoms with Gasteiger partial charge in [-0.2, -0.15) is 0 Å². The lowest BCUT2D eigenvalue weighted by Crippen LogP contribution is -2.64. The molecule has 2 aliphatic rings. The van der Waals surface area contributed by atoms with Crippen LogP contribution in [0.15, 0.2) is 0 Å². The Kier molecular flexibility index (Phi) is 4.91. The van der Waals surface area contributed by atoms with E-state index in [0.717, 1.165) is 18.4 Å². The molecule has 3 heteroatoms. The Labute approximate surface area is 119 Å². The summed E-state index contributed by atoms with van der Waals surface area (Å²) < 4.78 is 0. The van der Waals surface area contributed by atoms with Gasteiger partial charge in [-0.1, -0.05) is 13.8 Å². The average Bonchev–Trinajstić information content (AvgIpc) is 2.38. The molecule has 1 unspecified atom stereocenters. The van der Waals surface area contributed by atoms with Crippen LogP contribution in [0.25, 0.3) is 0 Å². The molecule has 1 atom stereocenters. The van der Waals surface area contributed by atoms with Gasteiger partial charge in [0.1, 0.15) is 0 Å². The Hall–Kier alpha value is -0.120. The van der Waals surface area contributed by atoms with Crippen molar-refractivity contribution in [2.24, 2.45) is 17.6 Å². The molecule has 2 N–H and O–H groups in total. The first-order chi connectivity index (χ1) is 8.98. The maximum atomic E-state index is 6.23. The van der Waals surface area contributed by atoms with Gasteiger partial charge in [0.25, 0.3) is 0 Å². The number of rotatable bonds is 3. The smallest absolute Gasteiger partial charge is 0.0335 e. The van der Waals surface area contributed by atoms with Crippen LogP contribution in [0.5, 0.6) is 0 Å². The fourth-order valence-corrected chi connectivity index (χ4v) is 4.30. The van der Waals surface area contributed by atoms with Crippen LogP contribution in [0.4, 0.5) is 0 Å². The van der Waals surface area contributed by atoms with Crippen molar-refractivity contribution in [3.05, 3.63) is 0 Å². The van der Waals surface area contributed by atoms with Crippen molar-refractivity contribution in [3.63, 3.8) is 0 Å². The largest absolute Gasteiger partial charge is 0.329 e. The molecule has 1 aliphatic carbocycles. The molecular weight excluding hydrogens is 234 g/mol. The van der Waals surface area contributed by atoms with Gasteiger partial charge in [-0.25, -0.2) is 0 Å². The van der Waals surface area contributed by atoms with Crippen molar-refractivity contribution in [2.75, 3.05) is 33.2 Å². The van der Waals surface area contributed by atoms with Crippen molar-refractivity contribution in [3.8, 4) is 0 Å². The standard InChI is InChI=1S/C16H33N3/c1-13(2)15-5-7-16(12-17,8-6-15)19-10-9-18(4)11-14(19)3/h13-15H,5-12,17H2,1-4H3. The number of nitrogens with zero attached hydrogens (tertiary/aromatic N) is 2. The summed E-state index contributed by atoms with van der Waals surface area (Å²) in [6, 6.07) is 0.651. The van der Waals surface area contributed by atoms with Gasteiger partial charge >= 0.3 is 0 Å². The number of nitrogens with two attached hydrogens (primary N) is 1. The van der Waals surface area contributed by atoms with E-state index in [1.165, 1.54) is 45.3 Å². The highest BCUT2D eigenvalue weighted by Gasteiger charge is 2.42. The van der Waals surface area contributed by atoms with E-state index in [1.807, 2.05) is 0 Å². The van der Waals surface area contributed by atoms with E-state index in [1.54, 1.807) is 0 Å². The molecule has 1 saturated heterocycles. The highest BCUT2D eigenvalue weighted by atomic mass is 15.3. The van der Waals surface area contributed by atoms with Gasteiger partial charge in [-0.3, -0.25) is 4.90 Å². The van der Waals surface area contributed by atoms with Crippen molar-refractivity contribution < 1.29 is 0 Å². The average molecular weight is 267 g/mol. The fourth-order valence-electron chi connectivity index (χ4n) is 4.30. The first-order valence-electron chi connectivity index (χ1n) is 8.14. The predicted octanol–water partition coefficient (Wildman–Crippen LogP) is 2.17. The summed E-state index contributed by atoms with van der Waals surface area (Å²) in [5.41, 5.74) is 6.53. The molecular formula is C16H33N3. The summed E-state index contributed by atoms with van der Waals surface area (Å²) in [6.45, 7) is 11.5. The van der Waals surface area contributed by atoms with Gasteiger partial charge in [-0.15, -0.1) is 0 Å². The van der Waals surface area contributed by atoms with Crippen molar-refractivity contribution >= 4 is 0 Å². The molecule has 1 aliphatic heterocycles. The van der Waals surface area contributed by atoms with E-state index in [2.05, 4.69) is 37.6 Å². The Morgan fingerprint density at radius 1 is 1.21 bits per heavy atom. The fraction of sp³-hybridized carbons (Fsp3) is 1.00. The molecule has 3 nitrogen and oxygen atoms in total. The zero-order valence-corrected chi connectivity index (χ0v) is 13.4. The molecule has 1 heterocycles. The van der Waals surface area contributed by atoms with E-state index in [0.29, 0.717) is 11.6 Å². The van der Waals surface area contributed by atoms with Gasteiger partial charge in [0.05, 0.1) is 0 Å². The van der Waals surface area contributed by atoms with E-state index in [-0.39, 0.29) is 0 Å². The Morgan fingerprint density at radius 3 is 2.32 bits per heavy atom. The molecule has 19 heavy (non-hydrogen) atoms. The second kappa shape index (κ2) is 6.11. The summed E-state index contributed by atoms with van der Waals surface area (Å²) in [5, 5.41) is 0. The molecule has 0 radical (unpaired) electrons. The van der Waals surface area contributed by atoms with Crippen molar-refractivity contribution in [1.82, 2.24) is 9.80 Å². The quantitative estimate of drug-likeness (QED) is 0.850. The Morgan fingerprint density at radius 2 is 1.84 bits per heavy atom. The molecule has 1 saturated carbocycles. The van der Waals surface area contributed by atoms with Crippen LogP contribution in [-0.2, 0) is 0 Å². The van der Waals surface area contributed by atoms with Gasteiger partial charge in [0.15, 0.2) is 0 Å². The third-order valence-electron chi connectivity index (χ3n) is 5.72. The van der Waals surface area contributed by atoms with Crippen molar-refractivity contribution in [1.29, 1.82) is 0 Å². The molecule has 112 valence electrons. The summed E-state index contributed by atoms with van der Waals surface area (Å²) >= 11 is 0. The minimum atomic E-state index is 0.298. The number of hydrogen-bond donors (Lipinski definition) is 1. The van der Waals surface area contributed by atoms with Crippen LogP contribution in [0.3, 0.4) is 0 Å². The number of hydrogen-bond acceptors (Lipinski definition) is 3. The molecule has 2 fully saturated rings. The van der Waals surface area contributed by atoms with Crippen LogP contribution in [0, 0.1) is 11.8 Å². The molecule has 0 bridgehead atoms. The second-order valence-electron chi connectivity index (χ2n) is 7.31. The van der Waals surface area contributed by atoms with Crippen LogP contribution < -0.4 is 5.73 Å². The SMILES string of the molecule is CC(C)C1CCC(CN)(N2CCN(C)CC2C)CC1. The molecule has 0 amide bonds. The minimum Gasteiger partial charge on any atom is -0.329 e. The van der Waals surface area contributed by atoms with Crippen LogP contribution >= 0.6 is 0 Å². The third kappa shape index (κ3) is 3.14. The second-order valence-corrected chi connectivity index (χ2v) is 7.31. The van der Waals surface area contributed by atoms with Gasteiger partial charge in [0.2, 0.25) is 0 Å². The van der Waals surface area contributed by atoms with Crippen molar-refractivity contribution in [2.45, 2.75) is 58.0 Å². The summed E-state index contributed by atoms with van der Waals surface area (Å²) in [5.74, 6) is 1.75. The van der Waals surface area contributed by atoms with Gasteiger partial charge in [0, 0.05) is 37.8 Å². The lowest BCUT2D eigenvalue weighted by atomic mass is 9.71. The van der Waals surface area contributed by atoms with Crippen LogP contribution in [0.2, 0.25) is 0 Å². The maximum absolute atomic E-state index is 6.23. The van der Waals surface area contributed by atoms with E-state index >= 15 is 0 Å². The monoisotopic (exact) mass is 267 g/mol. The Balaban J connectivity index is 2.03.